The predicted octanol–water partition coefficient (Wildman–Crippen LogP) is 6.79. The molecule has 0 aliphatic rings. The highest BCUT2D eigenvalue weighted by molar-refractivity contribution is 6.41. The van der Waals surface area contributed by atoms with E-state index >= 15 is 0 Å². The smallest absolute Gasteiger partial charge is 0.247 e. The first kappa shape index (κ1) is 25.6. The Balaban J connectivity index is 1.64. The lowest BCUT2D eigenvalue weighted by Gasteiger charge is -2.16. The number of rotatable bonds is 7. The summed E-state index contributed by atoms with van der Waals surface area (Å²) in [5.74, 6) is 0.723. The number of anilines is 3. The maximum atomic E-state index is 11.9. The highest BCUT2D eigenvalue weighted by Crippen LogP contribution is 2.47. The number of pyridine rings is 1. The van der Waals surface area contributed by atoms with Crippen LogP contribution in [0.25, 0.3) is 27.8 Å². The molecule has 3 aromatic heterocycles. The maximum absolute atomic E-state index is 11.9. The normalized spacial score (nSPS) is 11.0. The van der Waals surface area contributed by atoms with Gasteiger partial charge in [-0.05, 0) is 30.3 Å². The van der Waals surface area contributed by atoms with E-state index in [4.69, 9.17) is 49.3 Å². The van der Waals surface area contributed by atoms with Crippen LogP contribution >= 0.6 is 34.8 Å². The van der Waals surface area contributed by atoms with Crippen LogP contribution in [0.2, 0.25) is 15.1 Å². The van der Waals surface area contributed by atoms with Crippen LogP contribution in [0.4, 0.5) is 17.3 Å². The fraction of sp³-hybridized carbons (Fsp3) is 0.0769. The van der Waals surface area contributed by atoms with Gasteiger partial charge in [-0.15, -0.1) is 0 Å². The van der Waals surface area contributed by atoms with Crippen molar-refractivity contribution in [3.8, 4) is 22.6 Å². The molecule has 0 bridgehead atoms. The van der Waals surface area contributed by atoms with Crippen molar-refractivity contribution in [2.45, 2.75) is 0 Å². The zero-order chi connectivity index (χ0) is 27.0. The highest BCUT2D eigenvalue weighted by atomic mass is 35.5. The minimum atomic E-state index is -0.381. The quantitative estimate of drug-likeness (QED) is 0.208. The van der Waals surface area contributed by atoms with Crippen LogP contribution in [-0.2, 0) is 4.79 Å². The number of carbonyl (C=O) groups excluding carboxylic acids is 1. The van der Waals surface area contributed by atoms with Gasteiger partial charge in [0.05, 0.1) is 35.6 Å². The van der Waals surface area contributed by atoms with Gasteiger partial charge in [0.2, 0.25) is 11.9 Å². The number of nitrogens with one attached hydrogen (secondary N) is 2. The van der Waals surface area contributed by atoms with Crippen molar-refractivity contribution in [1.29, 1.82) is 0 Å². The molecule has 0 spiro atoms. The van der Waals surface area contributed by atoms with E-state index in [1.54, 1.807) is 47.3 Å². The molecule has 5 aromatic rings. The van der Waals surface area contributed by atoms with Gasteiger partial charge in [-0.3, -0.25) is 9.20 Å². The third kappa shape index (κ3) is 4.56. The van der Waals surface area contributed by atoms with Crippen molar-refractivity contribution in [1.82, 2.24) is 19.4 Å². The highest BCUT2D eigenvalue weighted by Gasteiger charge is 2.22. The molecule has 38 heavy (non-hydrogen) atoms. The molecule has 0 atom stereocenters. The summed E-state index contributed by atoms with van der Waals surface area (Å²) in [4.78, 5) is 25.6. The van der Waals surface area contributed by atoms with Gasteiger partial charge in [-0.2, -0.15) is 4.98 Å². The standard InChI is InChI=1S/C26H19Cl3N6O3/c1-4-20(36)32-17-10-14(27)5-6-16(17)33-26-31-12-13-9-15(25-30-7-8-35(25)24(13)34-26)21-22(28)18(37-2)11-19(38-3)23(21)29/h4-12H,1H2,2-3H3,(H,32,36)(H,31,33,34). The van der Waals surface area contributed by atoms with Gasteiger partial charge in [0.15, 0.2) is 5.65 Å². The molecule has 0 saturated carbocycles. The fourth-order valence-electron chi connectivity index (χ4n) is 3.97. The van der Waals surface area contributed by atoms with Gasteiger partial charge in [0.25, 0.3) is 0 Å². The number of aromatic nitrogens is 4. The minimum Gasteiger partial charge on any atom is -0.495 e. The number of amides is 1. The summed E-state index contributed by atoms with van der Waals surface area (Å²) in [5, 5.41) is 7.64. The lowest BCUT2D eigenvalue weighted by atomic mass is 10.0. The SMILES string of the molecule is C=CC(=O)Nc1cc(Cl)ccc1Nc1ncc2cc(-c3c(Cl)c(OC)cc(OC)c3Cl)c3nccn3c2n1. The number of hydrogen-bond acceptors (Lipinski definition) is 7. The molecule has 9 nitrogen and oxygen atoms in total. The number of fused-ring (bicyclic) bond motifs is 3. The second-order valence-electron chi connectivity index (χ2n) is 7.94. The van der Waals surface area contributed by atoms with E-state index < -0.39 is 0 Å². The van der Waals surface area contributed by atoms with Crippen molar-refractivity contribution >= 4 is 74.7 Å². The second-order valence-corrected chi connectivity index (χ2v) is 9.14. The molecule has 12 heteroatoms. The van der Waals surface area contributed by atoms with Gasteiger partial charge in [0.1, 0.15) is 17.1 Å². The summed E-state index contributed by atoms with van der Waals surface area (Å²) in [6.07, 6.45) is 6.25. The summed E-state index contributed by atoms with van der Waals surface area (Å²) in [7, 11) is 3.03. The van der Waals surface area contributed by atoms with E-state index in [2.05, 4.69) is 27.2 Å². The Hall–Kier alpha value is -4.05. The summed E-state index contributed by atoms with van der Waals surface area (Å²) >= 11 is 19.5. The monoisotopic (exact) mass is 568 g/mol. The average molecular weight is 570 g/mol. The molecule has 0 aliphatic carbocycles. The molecule has 0 aliphatic heterocycles. The molecule has 5 rings (SSSR count). The number of benzene rings is 2. The van der Waals surface area contributed by atoms with Crippen LogP contribution in [-0.4, -0.2) is 39.5 Å². The Kier molecular flexibility index (Phi) is 6.98. The lowest BCUT2D eigenvalue weighted by molar-refractivity contribution is -0.111. The van der Waals surface area contributed by atoms with E-state index in [9.17, 15) is 4.79 Å². The van der Waals surface area contributed by atoms with Crippen molar-refractivity contribution in [3.05, 3.63) is 76.6 Å². The lowest BCUT2D eigenvalue weighted by Crippen LogP contribution is -2.10. The number of methoxy groups -OCH3 is 2. The van der Waals surface area contributed by atoms with Crippen molar-refractivity contribution < 1.29 is 14.3 Å². The number of imidazole rings is 1. The predicted molar refractivity (Wildman–Crippen MR) is 150 cm³/mol. The second kappa shape index (κ2) is 10.4. The molecule has 0 saturated heterocycles. The number of hydrogen-bond donors (Lipinski definition) is 2. The molecule has 2 N–H and O–H groups in total. The third-order valence-electron chi connectivity index (χ3n) is 5.72. The molecule has 2 aromatic carbocycles. The Labute approximate surface area is 232 Å². The van der Waals surface area contributed by atoms with Crippen LogP contribution < -0.4 is 20.1 Å². The molecule has 3 heterocycles. The van der Waals surface area contributed by atoms with E-state index in [-0.39, 0.29) is 11.9 Å². The number of ether oxygens (including phenoxy) is 2. The van der Waals surface area contributed by atoms with Gasteiger partial charge >= 0.3 is 0 Å². The third-order valence-corrected chi connectivity index (χ3v) is 6.71. The summed E-state index contributed by atoms with van der Waals surface area (Å²) < 4.78 is 12.7. The van der Waals surface area contributed by atoms with Gasteiger partial charge < -0.3 is 20.1 Å². The molecule has 192 valence electrons. The topological polar surface area (TPSA) is 103 Å². The molecular formula is C26H19Cl3N6O3. The molecular weight excluding hydrogens is 551 g/mol. The zero-order valence-corrected chi connectivity index (χ0v) is 22.3. The Bertz CT molecular complexity index is 1710. The molecule has 0 unspecified atom stereocenters. The van der Waals surface area contributed by atoms with Crippen LogP contribution in [0, 0.1) is 0 Å². The molecule has 0 fully saturated rings. The zero-order valence-electron chi connectivity index (χ0n) is 20.1. The fourth-order valence-corrected chi connectivity index (χ4v) is 4.85. The summed E-state index contributed by atoms with van der Waals surface area (Å²) in [6, 6.07) is 8.49. The minimum absolute atomic E-state index is 0.288. The van der Waals surface area contributed by atoms with Gasteiger partial charge in [-0.25, -0.2) is 9.97 Å². The summed E-state index contributed by atoms with van der Waals surface area (Å²) in [6.45, 7) is 3.48. The van der Waals surface area contributed by atoms with Gasteiger partial charge in [0, 0.05) is 46.2 Å². The molecule has 1 amide bonds. The van der Waals surface area contributed by atoms with Crippen molar-refractivity contribution in [2.75, 3.05) is 24.9 Å². The number of halogens is 3. The van der Waals surface area contributed by atoms with Crippen LogP contribution in [0.1, 0.15) is 0 Å². The Morgan fingerprint density at radius 1 is 1.00 bits per heavy atom. The van der Waals surface area contributed by atoms with Crippen LogP contribution in [0.5, 0.6) is 11.5 Å². The van der Waals surface area contributed by atoms with Gasteiger partial charge in [-0.1, -0.05) is 41.4 Å². The first-order valence-electron chi connectivity index (χ1n) is 11.1. The first-order chi connectivity index (χ1) is 18.3. The number of nitrogens with zero attached hydrogens (tertiary/aromatic N) is 4. The van der Waals surface area contributed by atoms with Crippen molar-refractivity contribution in [3.63, 3.8) is 0 Å². The van der Waals surface area contributed by atoms with E-state index in [1.165, 1.54) is 20.3 Å². The Morgan fingerprint density at radius 3 is 2.42 bits per heavy atom. The van der Waals surface area contributed by atoms with E-state index in [0.717, 1.165) is 0 Å². The largest absolute Gasteiger partial charge is 0.495 e. The Morgan fingerprint density at radius 2 is 1.74 bits per heavy atom. The number of carbonyl (C=O) groups is 1. The molecule has 0 radical (unpaired) electrons. The van der Waals surface area contributed by atoms with Crippen molar-refractivity contribution in [2.24, 2.45) is 0 Å². The first-order valence-corrected chi connectivity index (χ1v) is 12.2. The van der Waals surface area contributed by atoms with Crippen LogP contribution in [0.3, 0.4) is 0 Å². The van der Waals surface area contributed by atoms with E-state index in [0.29, 0.717) is 65.7 Å². The van der Waals surface area contributed by atoms with E-state index in [1.807, 2.05) is 6.07 Å². The summed E-state index contributed by atoms with van der Waals surface area (Å²) in [5.41, 5.74) is 3.29. The van der Waals surface area contributed by atoms with Crippen LogP contribution in [0.15, 0.2) is 61.6 Å². The maximum Gasteiger partial charge on any atom is 0.247 e. The average Bonchev–Trinajstić information content (AvgIpc) is 3.41.